The Morgan fingerprint density at radius 3 is 1.00 bits per heavy atom. The zero-order chi connectivity index (χ0) is 0. The van der Waals surface area contributed by atoms with Crippen LogP contribution < -0.4 is 18.9 Å². The molecule has 4 heavy (non-hydrogen) atoms. The van der Waals surface area contributed by atoms with E-state index in [1.807, 2.05) is 0 Å². The third-order valence-electron chi connectivity index (χ3n) is 0. The van der Waals surface area contributed by atoms with Gasteiger partial charge in [0.15, 0.2) is 0 Å². The average Bonchev–Trinajstić information content (AvgIpc) is 0. The van der Waals surface area contributed by atoms with Crippen molar-refractivity contribution in [2.75, 3.05) is 0 Å². The van der Waals surface area contributed by atoms with E-state index < -0.39 is 0 Å². The molecule has 0 heterocycles. The van der Waals surface area contributed by atoms with Crippen molar-refractivity contribution >= 4 is 0 Å². The van der Waals surface area contributed by atoms with Crippen molar-refractivity contribution in [2.24, 2.45) is 0 Å². The van der Waals surface area contributed by atoms with Gasteiger partial charge in [0, 0.05) is 0 Å². The maximum Gasteiger partial charge on any atom is 2.00 e. The Morgan fingerprint density at radius 1 is 1.00 bits per heavy atom. The second kappa shape index (κ2) is 23.3. The molecule has 0 fully saturated rings. The third kappa shape index (κ3) is 9.51. The first-order chi connectivity index (χ1) is 0. The van der Waals surface area contributed by atoms with Crippen molar-refractivity contribution < 1.29 is 58.5 Å². The van der Waals surface area contributed by atoms with Crippen LogP contribution in [0.1, 0.15) is 0 Å². The van der Waals surface area contributed by atoms with Gasteiger partial charge < -0.3 is 5.48 Å². The summed E-state index contributed by atoms with van der Waals surface area (Å²) in [6.07, 6.45) is 0. The first-order valence-electron chi connectivity index (χ1n) is 0. The van der Waals surface area contributed by atoms with Crippen LogP contribution in [0, 0.1) is 0 Å². The molecule has 0 N–H and O–H groups in total. The van der Waals surface area contributed by atoms with Crippen LogP contribution in [0.4, 0.5) is 0 Å². The predicted octanol–water partition coefficient (Wildman–Crippen LogP) is -3.12. The Hall–Kier alpha value is 1.60. The van der Waals surface area contributed by atoms with Gasteiger partial charge in [-0.15, -0.1) is 0 Å². The first-order valence-corrected chi connectivity index (χ1v) is 0. The maximum atomic E-state index is 0. The minimum absolute atomic E-state index is 0. The Morgan fingerprint density at radius 2 is 1.00 bits per heavy atom. The molecule has 0 aliphatic carbocycles. The summed E-state index contributed by atoms with van der Waals surface area (Å²) in [7, 11) is 0. The molecule has 22 valence electrons. The number of hydrogen-bond acceptors (Lipinski definition) is 0. The molecule has 0 aliphatic heterocycles. The molecule has 2 radical (unpaired) electrons. The van der Waals surface area contributed by atoms with E-state index in [4.69, 9.17) is 0 Å². The Kier molecular flexibility index (Phi) is 271. The van der Waals surface area contributed by atoms with Crippen molar-refractivity contribution in [3.8, 4) is 0 Å². The van der Waals surface area contributed by atoms with Crippen LogP contribution in [0.3, 0.4) is 0 Å². The van der Waals surface area contributed by atoms with Gasteiger partial charge in [-0.3, -0.25) is 0 Å². The summed E-state index contributed by atoms with van der Waals surface area (Å²) >= 11 is 0. The van der Waals surface area contributed by atoms with Gasteiger partial charge in [-0.1, -0.05) is 0 Å². The van der Waals surface area contributed by atoms with Gasteiger partial charge in [0.05, 0.1) is 0 Å². The monoisotopic (exact) mass is 141 g/mol. The van der Waals surface area contributed by atoms with Crippen LogP contribution in [0.5, 0.6) is 0 Å². The molecule has 0 saturated heterocycles. The molecule has 0 aromatic heterocycles. The fourth-order valence-corrected chi connectivity index (χ4v) is 0. The summed E-state index contributed by atoms with van der Waals surface area (Å²) in [5.74, 6) is 0. The van der Waals surface area contributed by atoms with Crippen molar-refractivity contribution in [3.63, 3.8) is 0 Å². The molecule has 0 aromatic rings. The zero-order valence-electron chi connectivity index (χ0n) is 2.09. The SMILES string of the molecule is [Cu+2].[Li+].[Mn+2].[O-2]. The molecule has 1 nitrogen and oxygen atoms in total. The van der Waals surface area contributed by atoms with Crippen molar-refractivity contribution in [2.45, 2.75) is 0 Å². The molecule has 0 rings (SSSR count). The molecule has 0 amide bonds. The van der Waals surface area contributed by atoms with Crippen molar-refractivity contribution in [3.05, 3.63) is 0 Å². The van der Waals surface area contributed by atoms with Crippen LogP contribution in [0.2, 0.25) is 0 Å². The summed E-state index contributed by atoms with van der Waals surface area (Å²) in [6.45, 7) is 0. The normalized spacial score (nSPS) is 0. The average molecular weight is 141 g/mol. The minimum Gasteiger partial charge on any atom is -2.00 e. The van der Waals surface area contributed by atoms with Crippen LogP contribution in [-0.4, -0.2) is 0 Å². The van der Waals surface area contributed by atoms with Crippen LogP contribution in [0.15, 0.2) is 0 Å². The molecule has 0 unspecified atom stereocenters. The Labute approximate surface area is 58.3 Å². The topological polar surface area (TPSA) is 28.5 Å². The second-order valence-corrected chi connectivity index (χ2v) is 0. The molecule has 4 heteroatoms. The van der Waals surface area contributed by atoms with E-state index in [1.54, 1.807) is 0 Å². The zero-order valence-corrected chi connectivity index (χ0v) is 4.21. The summed E-state index contributed by atoms with van der Waals surface area (Å²) in [5, 5.41) is 0. The van der Waals surface area contributed by atoms with E-state index in [0.29, 0.717) is 0 Å². The van der Waals surface area contributed by atoms with Gasteiger partial charge in [0.1, 0.15) is 0 Å². The van der Waals surface area contributed by atoms with E-state index in [2.05, 4.69) is 0 Å². The van der Waals surface area contributed by atoms with Crippen LogP contribution >= 0.6 is 0 Å². The maximum absolute atomic E-state index is 0. The predicted molar refractivity (Wildman–Crippen MR) is 0.686 cm³/mol. The van der Waals surface area contributed by atoms with Crippen LogP contribution in [0.25, 0.3) is 0 Å². The van der Waals surface area contributed by atoms with Crippen LogP contribution in [-0.2, 0) is 39.6 Å². The molecule has 0 aromatic carbocycles. The van der Waals surface area contributed by atoms with Gasteiger partial charge in [-0.05, 0) is 0 Å². The molecule has 0 atom stereocenters. The number of rotatable bonds is 0. The fraction of sp³-hybridized carbons (Fsp3) is 0. The summed E-state index contributed by atoms with van der Waals surface area (Å²) in [5.41, 5.74) is 0. The first kappa shape index (κ1) is 46.4. The summed E-state index contributed by atoms with van der Waals surface area (Å²) in [4.78, 5) is 0. The standard InChI is InChI=1S/Cu.Li.Mn.O/q+2;+1;+2;-2. The number of hydrogen-bond donors (Lipinski definition) is 0. The smallest absolute Gasteiger partial charge is 2.00 e. The van der Waals surface area contributed by atoms with Gasteiger partial charge in [0.2, 0.25) is 0 Å². The molecule has 0 aliphatic rings. The summed E-state index contributed by atoms with van der Waals surface area (Å²) < 4.78 is 0. The molecule has 0 spiro atoms. The molecule has 0 saturated carbocycles. The van der Waals surface area contributed by atoms with Gasteiger partial charge in [-0.25, -0.2) is 0 Å². The van der Waals surface area contributed by atoms with Gasteiger partial charge in [0.25, 0.3) is 0 Å². The summed E-state index contributed by atoms with van der Waals surface area (Å²) in [6, 6.07) is 0. The Bertz CT molecular complexity index is 8.00. The molecule has 0 bridgehead atoms. The van der Waals surface area contributed by atoms with Crippen molar-refractivity contribution in [1.29, 1.82) is 0 Å². The molecular formula is CuLiMnO+3. The van der Waals surface area contributed by atoms with E-state index in [1.165, 1.54) is 0 Å². The van der Waals surface area contributed by atoms with E-state index in [9.17, 15) is 0 Å². The van der Waals surface area contributed by atoms with Crippen molar-refractivity contribution in [1.82, 2.24) is 0 Å². The fourth-order valence-electron chi connectivity index (χ4n) is 0. The Balaban J connectivity index is 0. The van der Waals surface area contributed by atoms with E-state index in [-0.39, 0.29) is 58.5 Å². The molecular weight excluding hydrogens is 141 g/mol. The van der Waals surface area contributed by atoms with E-state index >= 15 is 0 Å². The van der Waals surface area contributed by atoms with Gasteiger partial charge >= 0.3 is 53.0 Å². The van der Waals surface area contributed by atoms with E-state index in [0.717, 1.165) is 0 Å². The third-order valence-corrected chi connectivity index (χ3v) is 0. The second-order valence-electron chi connectivity index (χ2n) is 0. The minimum atomic E-state index is 0. The largest absolute Gasteiger partial charge is 2.00 e. The quantitative estimate of drug-likeness (QED) is 0.320. The van der Waals surface area contributed by atoms with Gasteiger partial charge in [-0.2, -0.15) is 0 Å².